The molecule has 0 unspecified atom stereocenters. The molecule has 1 aliphatic carbocycles. The Balaban J connectivity index is 2.38. The first-order valence-corrected chi connectivity index (χ1v) is 7.09. The van der Waals surface area contributed by atoms with Crippen LogP contribution in [-0.4, -0.2) is 37.0 Å². The van der Waals surface area contributed by atoms with Gasteiger partial charge in [0, 0.05) is 20.5 Å². The topological polar surface area (TPSA) is 46.6 Å². The van der Waals surface area contributed by atoms with E-state index >= 15 is 0 Å². The molecule has 110 valence electrons. The number of hydrogen-bond acceptors (Lipinski definition) is 3. The van der Waals surface area contributed by atoms with Gasteiger partial charge in [0.15, 0.2) is 0 Å². The number of carbonyl (C=O) groups excluding carboxylic acids is 2. The normalized spacial score (nSPS) is 25.7. The molecule has 1 fully saturated rings. The lowest BCUT2D eigenvalue weighted by atomic mass is 9.71. The summed E-state index contributed by atoms with van der Waals surface area (Å²) in [4.78, 5) is 24.7. The number of esters is 1. The smallest absolute Gasteiger partial charge is 0.306 e. The number of rotatable bonds is 4. The Morgan fingerprint density at radius 3 is 2.37 bits per heavy atom. The molecule has 0 aromatic rings. The van der Waals surface area contributed by atoms with Crippen molar-refractivity contribution in [3.63, 3.8) is 0 Å². The van der Waals surface area contributed by atoms with Crippen LogP contribution in [0.3, 0.4) is 0 Å². The zero-order valence-electron chi connectivity index (χ0n) is 12.9. The number of amides is 1. The van der Waals surface area contributed by atoms with Gasteiger partial charge in [-0.05, 0) is 30.6 Å². The van der Waals surface area contributed by atoms with Gasteiger partial charge in [-0.3, -0.25) is 9.59 Å². The summed E-state index contributed by atoms with van der Waals surface area (Å²) in [5.41, 5.74) is 0.238. The van der Waals surface area contributed by atoms with E-state index in [1.165, 1.54) is 11.3 Å². The van der Waals surface area contributed by atoms with E-state index in [9.17, 15) is 9.59 Å². The van der Waals surface area contributed by atoms with Crippen LogP contribution >= 0.6 is 0 Å². The van der Waals surface area contributed by atoms with Gasteiger partial charge in [0.1, 0.15) is 6.10 Å². The fourth-order valence-electron chi connectivity index (χ4n) is 3.03. The van der Waals surface area contributed by atoms with E-state index in [1.54, 1.807) is 14.1 Å². The van der Waals surface area contributed by atoms with Crippen LogP contribution in [0, 0.1) is 11.3 Å². The molecule has 2 atom stereocenters. The molecule has 0 aromatic heterocycles. The summed E-state index contributed by atoms with van der Waals surface area (Å²) in [6.07, 6.45) is 3.47. The lowest BCUT2D eigenvalue weighted by Crippen LogP contribution is -2.34. The average molecular weight is 269 g/mol. The number of hydrogen-bond donors (Lipinski definition) is 0. The molecular weight excluding hydrogens is 242 g/mol. The molecule has 0 bridgehead atoms. The van der Waals surface area contributed by atoms with Crippen molar-refractivity contribution in [1.29, 1.82) is 0 Å². The van der Waals surface area contributed by atoms with Gasteiger partial charge in [0.2, 0.25) is 5.91 Å². The van der Waals surface area contributed by atoms with Gasteiger partial charge in [0.25, 0.3) is 0 Å². The molecule has 1 saturated carbocycles. The molecule has 0 heterocycles. The summed E-state index contributed by atoms with van der Waals surface area (Å²) in [6.45, 7) is 6.65. The lowest BCUT2D eigenvalue weighted by molar-refractivity contribution is -0.154. The van der Waals surface area contributed by atoms with Gasteiger partial charge in [-0.25, -0.2) is 0 Å². The van der Waals surface area contributed by atoms with Crippen molar-refractivity contribution in [2.45, 2.75) is 59.0 Å². The highest BCUT2D eigenvalue weighted by Crippen LogP contribution is 2.39. The molecule has 1 rings (SSSR count). The Bertz CT molecular complexity index is 336. The second-order valence-corrected chi connectivity index (χ2v) is 6.81. The van der Waals surface area contributed by atoms with Crippen molar-refractivity contribution < 1.29 is 14.3 Å². The van der Waals surface area contributed by atoms with E-state index in [1.807, 2.05) is 0 Å². The van der Waals surface area contributed by atoms with E-state index in [4.69, 9.17) is 4.74 Å². The third-order valence-corrected chi connectivity index (χ3v) is 3.69. The van der Waals surface area contributed by atoms with Crippen molar-refractivity contribution in [2.24, 2.45) is 11.3 Å². The third kappa shape index (κ3) is 5.62. The standard InChI is InChI=1S/C15H27NO3/c1-11-8-12(10-15(2,3)9-11)19-14(18)7-6-13(17)16(4)5/h11-12H,6-10H2,1-5H3/t11-,12-/m0/s1. The highest BCUT2D eigenvalue weighted by atomic mass is 16.5. The molecule has 4 heteroatoms. The Labute approximate surface area is 116 Å². The van der Waals surface area contributed by atoms with Crippen molar-refractivity contribution in [2.75, 3.05) is 14.1 Å². The first-order chi connectivity index (χ1) is 8.69. The summed E-state index contributed by atoms with van der Waals surface area (Å²) in [5, 5.41) is 0. The molecule has 0 aromatic carbocycles. The lowest BCUT2D eigenvalue weighted by Gasteiger charge is -2.38. The minimum absolute atomic E-state index is 0.0145. The van der Waals surface area contributed by atoms with E-state index in [-0.39, 0.29) is 36.2 Å². The molecule has 0 spiro atoms. The van der Waals surface area contributed by atoms with Crippen LogP contribution in [0.15, 0.2) is 0 Å². The van der Waals surface area contributed by atoms with Crippen LogP contribution in [0.25, 0.3) is 0 Å². The molecule has 1 amide bonds. The first-order valence-electron chi connectivity index (χ1n) is 7.09. The number of nitrogens with zero attached hydrogens (tertiary/aromatic N) is 1. The Hall–Kier alpha value is -1.06. The summed E-state index contributed by atoms with van der Waals surface area (Å²) in [7, 11) is 3.39. The molecule has 0 N–H and O–H groups in total. The molecule has 0 radical (unpaired) electrons. The highest BCUT2D eigenvalue weighted by molar-refractivity contribution is 5.81. The molecule has 1 aliphatic rings. The molecule has 19 heavy (non-hydrogen) atoms. The van der Waals surface area contributed by atoms with Crippen LogP contribution in [0.1, 0.15) is 52.9 Å². The third-order valence-electron chi connectivity index (χ3n) is 3.69. The minimum atomic E-state index is -0.245. The number of carbonyl (C=O) groups is 2. The van der Waals surface area contributed by atoms with Crippen molar-refractivity contribution in [3.05, 3.63) is 0 Å². The van der Waals surface area contributed by atoms with Crippen molar-refractivity contribution in [1.82, 2.24) is 4.90 Å². The molecule has 0 aliphatic heterocycles. The number of ether oxygens (including phenoxy) is 1. The summed E-state index contributed by atoms with van der Waals surface area (Å²) in [5.74, 6) is 0.310. The molecule has 4 nitrogen and oxygen atoms in total. The maximum Gasteiger partial charge on any atom is 0.306 e. The zero-order valence-corrected chi connectivity index (χ0v) is 12.9. The van der Waals surface area contributed by atoms with E-state index in [2.05, 4.69) is 20.8 Å². The minimum Gasteiger partial charge on any atom is -0.462 e. The predicted molar refractivity (Wildman–Crippen MR) is 74.6 cm³/mol. The Morgan fingerprint density at radius 2 is 1.84 bits per heavy atom. The van der Waals surface area contributed by atoms with Gasteiger partial charge < -0.3 is 9.64 Å². The van der Waals surface area contributed by atoms with Crippen molar-refractivity contribution >= 4 is 11.9 Å². The first kappa shape index (κ1) is 16.0. The Kier molecular flexibility index (Phi) is 5.39. The Morgan fingerprint density at radius 1 is 1.21 bits per heavy atom. The van der Waals surface area contributed by atoms with Crippen LogP contribution in [0.5, 0.6) is 0 Å². The molecular formula is C15H27NO3. The second-order valence-electron chi connectivity index (χ2n) is 6.81. The largest absolute Gasteiger partial charge is 0.462 e. The second kappa shape index (κ2) is 6.40. The van der Waals surface area contributed by atoms with Crippen LogP contribution in [0.4, 0.5) is 0 Å². The van der Waals surface area contributed by atoms with Crippen LogP contribution in [-0.2, 0) is 14.3 Å². The monoisotopic (exact) mass is 269 g/mol. The summed E-state index contributed by atoms with van der Waals surface area (Å²) >= 11 is 0. The van der Waals surface area contributed by atoms with Gasteiger partial charge in [-0.15, -0.1) is 0 Å². The fraction of sp³-hybridized carbons (Fsp3) is 0.867. The predicted octanol–water partition coefficient (Wildman–Crippen LogP) is 2.61. The quantitative estimate of drug-likeness (QED) is 0.737. The molecule has 0 saturated heterocycles. The van der Waals surface area contributed by atoms with Gasteiger partial charge in [0.05, 0.1) is 6.42 Å². The van der Waals surface area contributed by atoms with Crippen LogP contribution in [0.2, 0.25) is 0 Å². The van der Waals surface area contributed by atoms with Crippen molar-refractivity contribution in [3.8, 4) is 0 Å². The van der Waals surface area contributed by atoms with Gasteiger partial charge in [-0.1, -0.05) is 20.8 Å². The average Bonchev–Trinajstić information content (AvgIpc) is 2.22. The van der Waals surface area contributed by atoms with Gasteiger partial charge in [-0.2, -0.15) is 0 Å². The SMILES string of the molecule is C[C@H]1C[C@H](OC(=O)CCC(=O)N(C)C)CC(C)(C)C1. The van der Waals surface area contributed by atoms with Crippen LogP contribution < -0.4 is 0 Å². The fourth-order valence-corrected chi connectivity index (χ4v) is 3.03. The summed E-state index contributed by atoms with van der Waals surface area (Å²) in [6, 6.07) is 0. The zero-order chi connectivity index (χ0) is 14.6. The van der Waals surface area contributed by atoms with E-state index in [0.29, 0.717) is 5.92 Å². The van der Waals surface area contributed by atoms with Gasteiger partial charge >= 0.3 is 5.97 Å². The maximum absolute atomic E-state index is 11.8. The maximum atomic E-state index is 11.8. The highest BCUT2D eigenvalue weighted by Gasteiger charge is 2.33. The van der Waals surface area contributed by atoms with E-state index < -0.39 is 0 Å². The van der Waals surface area contributed by atoms with E-state index in [0.717, 1.165) is 12.8 Å². The summed E-state index contributed by atoms with van der Waals surface area (Å²) < 4.78 is 5.52.